The van der Waals surface area contributed by atoms with E-state index in [1.54, 1.807) is 12.3 Å². The molecule has 4 rings (SSSR count). The van der Waals surface area contributed by atoms with Gasteiger partial charge in [0, 0.05) is 24.7 Å². The zero-order valence-electron chi connectivity index (χ0n) is 13.5. The SMILES string of the molecule is O=C(N[C@H]1CCS(=O)(=O)C1)c1cc2occc2n1Cc1ccccc1. The van der Waals surface area contributed by atoms with Crippen molar-refractivity contribution in [3.8, 4) is 0 Å². The average molecular weight is 358 g/mol. The number of carbonyl (C=O) groups excluding carboxylic acids is 1. The van der Waals surface area contributed by atoms with Crippen molar-refractivity contribution < 1.29 is 17.6 Å². The van der Waals surface area contributed by atoms with Crippen molar-refractivity contribution in [3.63, 3.8) is 0 Å². The lowest BCUT2D eigenvalue weighted by Gasteiger charge is -2.13. The first-order chi connectivity index (χ1) is 12.0. The molecule has 7 heteroatoms. The van der Waals surface area contributed by atoms with E-state index in [0.29, 0.717) is 24.2 Å². The smallest absolute Gasteiger partial charge is 0.268 e. The standard InChI is InChI=1S/C18H18N2O4S/c21-18(19-14-7-9-25(22,23)12-14)16-10-17-15(6-8-24-17)20(16)11-13-4-2-1-3-5-13/h1-6,8,10,14H,7,9,11-12H2,(H,19,21)/t14-/m0/s1. The molecule has 0 bridgehead atoms. The van der Waals surface area contributed by atoms with Crippen LogP contribution in [0, 0.1) is 0 Å². The van der Waals surface area contributed by atoms with Gasteiger partial charge in [-0.05, 0) is 12.0 Å². The van der Waals surface area contributed by atoms with Crippen molar-refractivity contribution in [1.29, 1.82) is 0 Å². The van der Waals surface area contributed by atoms with E-state index in [0.717, 1.165) is 11.1 Å². The van der Waals surface area contributed by atoms with Crippen LogP contribution in [0.3, 0.4) is 0 Å². The predicted octanol–water partition coefficient (Wildman–Crippen LogP) is 2.20. The highest BCUT2D eigenvalue weighted by atomic mass is 32.2. The fourth-order valence-electron chi connectivity index (χ4n) is 3.27. The van der Waals surface area contributed by atoms with Gasteiger partial charge in [0.05, 0.1) is 23.3 Å². The summed E-state index contributed by atoms with van der Waals surface area (Å²) >= 11 is 0. The maximum Gasteiger partial charge on any atom is 0.268 e. The number of furan rings is 1. The first-order valence-corrected chi connectivity index (χ1v) is 9.96. The first kappa shape index (κ1) is 16.0. The molecule has 25 heavy (non-hydrogen) atoms. The van der Waals surface area contributed by atoms with Gasteiger partial charge >= 0.3 is 0 Å². The second kappa shape index (κ2) is 6.07. The topological polar surface area (TPSA) is 81.3 Å². The van der Waals surface area contributed by atoms with Crippen molar-refractivity contribution in [1.82, 2.24) is 9.88 Å². The van der Waals surface area contributed by atoms with Crippen LogP contribution >= 0.6 is 0 Å². The number of fused-ring (bicyclic) bond motifs is 1. The molecule has 1 saturated heterocycles. The molecule has 0 unspecified atom stereocenters. The van der Waals surface area contributed by atoms with Gasteiger partial charge in [-0.25, -0.2) is 8.42 Å². The maximum atomic E-state index is 12.7. The molecule has 130 valence electrons. The molecular formula is C18H18N2O4S. The second-order valence-corrected chi connectivity index (χ2v) is 8.57. The van der Waals surface area contributed by atoms with E-state index in [1.807, 2.05) is 41.0 Å². The van der Waals surface area contributed by atoms with Gasteiger partial charge in [-0.2, -0.15) is 0 Å². The zero-order valence-corrected chi connectivity index (χ0v) is 14.3. The highest BCUT2D eigenvalue weighted by Crippen LogP contribution is 2.23. The number of aromatic nitrogens is 1. The molecule has 0 spiro atoms. The Morgan fingerprint density at radius 1 is 1.24 bits per heavy atom. The molecule has 3 aromatic rings. The molecule has 1 amide bonds. The summed E-state index contributed by atoms with van der Waals surface area (Å²) in [6.07, 6.45) is 2.06. The molecule has 6 nitrogen and oxygen atoms in total. The predicted molar refractivity (Wildman–Crippen MR) is 94.3 cm³/mol. The van der Waals surface area contributed by atoms with Gasteiger partial charge in [0.25, 0.3) is 5.91 Å². The van der Waals surface area contributed by atoms with Gasteiger partial charge in [0.1, 0.15) is 5.69 Å². The summed E-state index contributed by atoms with van der Waals surface area (Å²) < 4.78 is 30.5. The van der Waals surface area contributed by atoms with Crippen molar-refractivity contribution in [2.45, 2.75) is 19.0 Å². The van der Waals surface area contributed by atoms with Crippen molar-refractivity contribution in [3.05, 3.63) is 60.0 Å². The Hall–Kier alpha value is -2.54. The van der Waals surface area contributed by atoms with Crippen LogP contribution in [-0.2, 0) is 16.4 Å². The van der Waals surface area contributed by atoms with Crippen LogP contribution < -0.4 is 5.32 Å². The highest BCUT2D eigenvalue weighted by molar-refractivity contribution is 7.91. The maximum absolute atomic E-state index is 12.7. The van der Waals surface area contributed by atoms with Crippen LogP contribution in [0.2, 0.25) is 0 Å². The Bertz CT molecular complexity index is 1020. The number of amides is 1. The fraction of sp³-hybridized carbons (Fsp3) is 0.278. The largest absolute Gasteiger partial charge is 0.463 e. The average Bonchev–Trinajstić information content (AvgIpc) is 3.25. The number of hydrogen-bond donors (Lipinski definition) is 1. The van der Waals surface area contributed by atoms with E-state index in [9.17, 15) is 13.2 Å². The monoisotopic (exact) mass is 358 g/mol. The van der Waals surface area contributed by atoms with Gasteiger partial charge in [0.15, 0.2) is 15.4 Å². The molecule has 0 saturated carbocycles. The van der Waals surface area contributed by atoms with Crippen LogP contribution in [0.5, 0.6) is 0 Å². The summed E-state index contributed by atoms with van der Waals surface area (Å²) in [5.74, 6) is -0.135. The molecule has 1 aliphatic heterocycles. The minimum absolute atomic E-state index is 0.00819. The summed E-state index contributed by atoms with van der Waals surface area (Å²) in [7, 11) is -3.04. The van der Waals surface area contributed by atoms with Gasteiger partial charge in [-0.15, -0.1) is 0 Å². The van der Waals surface area contributed by atoms with Gasteiger partial charge in [0.2, 0.25) is 0 Å². The highest BCUT2D eigenvalue weighted by Gasteiger charge is 2.30. The van der Waals surface area contributed by atoms with Crippen molar-refractivity contribution in [2.75, 3.05) is 11.5 Å². The quantitative estimate of drug-likeness (QED) is 0.775. The molecule has 1 aliphatic rings. The zero-order chi connectivity index (χ0) is 17.4. The molecule has 2 aromatic heterocycles. The molecule has 3 heterocycles. The summed E-state index contributed by atoms with van der Waals surface area (Å²) in [5, 5.41) is 2.85. The van der Waals surface area contributed by atoms with Crippen LogP contribution in [-0.4, -0.2) is 36.4 Å². The number of nitrogens with one attached hydrogen (secondary N) is 1. The van der Waals surface area contributed by atoms with Gasteiger partial charge in [-0.3, -0.25) is 4.79 Å². The van der Waals surface area contributed by atoms with Crippen LogP contribution in [0.4, 0.5) is 0 Å². The number of hydrogen-bond acceptors (Lipinski definition) is 4. The second-order valence-electron chi connectivity index (χ2n) is 6.34. The minimum Gasteiger partial charge on any atom is -0.463 e. The number of sulfone groups is 1. The Kier molecular flexibility index (Phi) is 3.88. The van der Waals surface area contributed by atoms with Gasteiger partial charge < -0.3 is 14.3 Å². The van der Waals surface area contributed by atoms with E-state index >= 15 is 0 Å². The minimum atomic E-state index is -3.04. The lowest BCUT2D eigenvalue weighted by molar-refractivity contribution is 0.0932. The normalized spacial score (nSPS) is 19.3. The van der Waals surface area contributed by atoms with E-state index < -0.39 is 9.84 Å². The molecule has 1 aromatic carbocycles. The molecule has 0 radical (unpaired) electrons. The van der Waals surface area contributed by atoms with Crippen LogP contribution in [0.15, 0.2) is 53.1 Å². The van der Waals surface area contributed by atoms with Crippen LogP contribution in [0.1, 0.15) is 22.5 Å². The molecule has 0 aliphatic carbocycles. The van der Waals surface area contributed by atoms with Crippen LogP contribution in [0.25, 0.3) is 11.1 Å². The van der Waals surface area contributed by atoms with E-state index in [4.69, 9.17) is 4.42 Å². The third kappa shape index (κ3) is 3.19. The molecule has 1 N–H and O–H groups in total. The first-order valence-electron chi connectivity index (χ1n) is 8.14. The third-order valence-corrected chi connectivity index (χ3v) is 6.27. The van der Waals surface area contributed by atoms with Crippen molar-refractivity contribution in [2.24, 2.45) is 0 Å². The van der Waals surface area contributed by atoms with E-state index in [-0.39, 0.29) is 23.5 Å². The summed E-state index contributed by atoms with van der Waals surface area (Å²) in [6, 6.07) is 13.0. The number of carbonyl (C=O) groups is 1. The van der Waals surface area contributed by atoms with Gasteiger partial charge in [-0.1, -0.05) is 30.3 Å². The third-order valence-electron chi connectivity index (χ3n) is 4.51. The number of benzene rings is 1. The summed E-state index contributed by atoms with van der Waals surface area (Å²) in [6.45, 7) is 0.537. The number of rotatable bonds is 4. The molecular weight excluding hydrogens is 340 g/mol. The lowest BCUT2D eigenvalue weighted by Crippen LogP contribution is -2.36. The summed E-state index contributed by atoms with van der Waals surface area (Å²) in [5.41, 5.74) is 3.02. The van der Waals surface area contributed by atoms with Crippen molar-refractivity contribution >= 4 is 26.8 Å². The summed E-state index contributed by atoms with van der Waals surface area (Å²) in [4.78, 5) is 12.7. The van der Waals surface area contributed by atoms with E-state index in [1.165, 1.54) is 0 Å². The molecule has 1 fully saturated rings. The fourth-order valence-corrected chi connectivity index (χ4v) is 4.94. The Morgan fingerprint density at radius 2 is 2.04 bits per heavy atom. The Labute approximate surface area is 145 Å². The van der Waals surface area contributed by atoms with E-state index in [2.05, 4.69) is 5.32 Å². The molecule has 1 atom stereocenters. The Morgan fingerprint density at radius 3 is 2.76 bits per heavy atom. The Balaban J connectivity index is 1.63. The lowest BCUT2D eigenvalue weighted by atomic mass is 10.2. The number of nitrogens with zero attached hydrogens (tertiary/aromatic N) is 1.